The molecule has 4 atom stereocenters. The van der Waals surface area contributed by atoms with Gasteiger partial charge in [-0.05, 0) is 44.6 Å². The summed E-state index contributed by atoms with van der Waals surface area (Å²) >= 11 is 0. The van der Waals surface area contributed by atoms with Crippen molar-refractivity contribution in [3.63, 3.8) is 0 Å². The molecule has 2 heterocycles. The highest BCUT2D eigenvalue weighted by Crippen LogP contribution is 2.40. The lowest BCUT2D eigenvalue weighted by Crippen LogP contribution is -2.58. The van der Waals surface area contributed by atoms with Crippen molar-refractivity contribution >= 4 is 5.91 Å². The fraction of sp³-hybridized carbons (Fsp3) is 0.941. The number of hydrogen-bond acceptors (Lipinski definition) is 3. The maximum Gasteiger partial charge on any atom is 0.239 e. The summed E-state index contributed by atoms with van der Waals surface area (Å²) in [5.74, 6) is 1.27. The van der Waals surface area contributed by atoms with Gasteiger partial charge >= 0.3 is 0 Å². The first-order valence-corrected chi connectivity index (χ1v) is 8.87. The van der Waals surface area contributed by atoms with Crippen LogP contribution >= 0.6 is 0 Å². The van der Waals surface area contributed by atoms with Gasteiger partial charge in [0, 0.05) is 19.0 Å². The molecule has 120 valence electrons. The Bertz CT molecular complexity index is 387. The van der Waals surface area contributed by atoms with E-state index in [1.807, 2.05) is 4.90 Å². The van der Waals surface area contributed by atoms with Crippen LogP contribution in [-0.2, 0) is 4.79 Å². The van der Waals surface area contributed by atoms with E-state index < -0.39 is 5.60 Å². The SMILES string of the molecule is CCC1CCNC(C(=O)N2CCC3(O)CCCCC3C2)C1. The van der Waals surface area contributed by atoms with Gasteiger partial charge in [-0.3, -0.25) is 4.79 Å². The van der Waals surface area contributed by atoms with Crippen molar-refractivity contribution in [2.45, 2.75) is 69.9 Å². The number of piperidine rings is 2. The van der Waals surface area contributed by atoms with E-state index in [1.54, 1.807) is 0 Å². The largest absolute Gasteiger partial charge is 0.389 e. The van der Waals surface area contributed by atoms with Crippen molar-refractivity contribution in [2.75, 3.05) is 19.6 Å². The quantitative estimate of drug-likeness (QED) is 0.818. The molecule has 0 bridgehead atoms. The number of rotatable bonds is 2. The molecule has 1 amide bonds. The van der Waals surface area contributed by atoms with Crippen LogP contribution in [0.1, 0.15) is 58.3 Å². The number of hydrogen-bond donors (Lipinski definition) is 2. The Morgan fingerprint density at radius 2 is 2.19 bits per heavy atom. The smallest absolute Gasteiger partial charge is 0.239 e. The third-order valence-electron chi connectivity index (χ3n) is 6.13. The average Bonchev–Trinajstić information content (AvgIpc) is 2.53. The summed E-state index contributed by atoms with van der Waals surface area (Å²) in [7, 11) is 0. The maximum atomic E-state index is 12.8. The van der Waals surface area contributed by atoms with Crippen LogP contribution in [0.15, 0.2) is 0 Å². The number of likely N-dealkylation sites (tertiary alicyclic amines) is 1. The zero-order valence-electron chi connectivity index (χ0n) is 13.3. The van der Waals surface area contributed by atoms with E-state index in [0.717, 1.165) is 51.7 Å². The van der Waals surface area contributed by atoms with Crippen molar-refractivity contribution < 1.29 is 9.90 Å². The lowest BCUT2D eigenvalue weighted by atomic mass is 9.71. The van der Waals surface area contributed by atoms with Gasteiger partial charge in [0.1, 0.15) is 0 Å². The lowest BCUT2D eigenvalue weighted by Gasteiger charge is -2.48. The predicted molar refractivity (Wildman–Crippen MR) is 82.9 cm³/mol. The van der Waals surface area contributed by atoms with Gasteiger partial charge in [-0.15, -0.1) is 0 Å². The molecule has 1 aliphatic carbocycles. The lowest BCUT2D eigenvalue weighted by molar-refractivity contribution is -0.146. The summed E-state index contributed by atoms with van der Waals surface area (Å²) in [4.78, 5) is 14.8. The minimum absolute atomic E-state index is 0.0125. The van der Waals surface area contributed by atoms with E-state index in [-0.39, 0.29) is 11.9 Å². The number of nitrogens with zero attached hydrogens (tertiary/aromatic N) is 1. The molecular weight excluding hydrogens is 264 g/mol. The zero-order chi connectivity index (χ0) is 14.9. The second-order valence-electron chi connectivity index (χ2n) is 7.39. The standard InChI is InChI=1S/C17H30N2O2/c1-2-13-6-9-18-15(11-13)16(20)19-10-8-17(21)7-4-3-5-14(17)12-19/h13-15,18,21H,2-12H2,1H3. The molecule has 2 saturated heterocycles. The molecule has 4 heteroatoms. The van der Waals surface area contributed by atoms with E-state index in [1.165, 1.54) is 19.3 Å². The first-order valence-electron chi connectivity index (χ1n) is 8.87. The molecule has 3 aliphatic rings. The maximum absolute atomic E-state index is 12.8. The molecule has 0 radical (unpaired) electrons. The van der Waals surface area contributed by atoms with Crippen LogP contribution in [0.25, 0.3) is 0 Å². The third-order valence-corrected chi connectivity index (χ3v) is 6.13. The van der Waals surface area contributed by atoms with Crippen molar-refractivity contribution in [1.82, 2.24) is 10.2 Å². The Morgan fingerprint density at radius 3 is 3.00 bits per heavy atom. The molecule has 0 spiro atoms. The molecule has 2 aliphatic heterocycles. The molecule has 0 aromatic heterocycles. The third kappa shape index (κ3) is 3.11. The number of amides is 1. The van der Waals surface area contributed by atoms with Gasteiger partial charge in [-0.25, -0.2) is 0 Å². The second kappa shape index (κ2) is 6.25. The van der Waals surface area contributed by atoms with Crippen LogP contribution in [0.4, 0.5) is 0 Å². The van der Waals surface area contributed by atoms with Gasteiger partial charge in [-0.1, -0.05) is 26.2 Å². The van der Waals surface area contributed by atoms with Crippen LogP contribution in [0.3, 0.4) is 0 Å². The minimum Gasteiger partial charge on any atom is -0.389 e. The van der Waals surface area contributed by atoms with E-state index >= 15 is 0 Å². The van der Waals surface area contributed by atoms with E-state index in [9.17, 15) is 9.90 Å². The fourth-order valence-corrected chi connectivity index (χ4v) is 4.55. The molecule has 3 fully saturated rings. The Balaban J connectivity index is 1.61. The van der Waals surface area contributed by atoms with Crippen molar-refractivity contribution in [2.24, 2.45) is 11.8 Å². The van der Waals surface area contributed by atoms with Gasteiger partial charge in [0.2, 0.25) is 5.91 Å². The average molecular weight is 294 g/mol. The summed E-state index contributed by atoms with van der Waals surface area (Å²) in [5, 5.41) is 14.1. The van der Waals surface area contributed by atoms with Crippen LogP contribution in [-0.4, -0.2) is 47.2 Å². The minimum atomic E-state index is -0.485. The van der Waals surface area contributed by atoms with Gasteiger partial charge in [0.15, 0.2) is 0 Å². The predicted octanol–water partition coefficient (Wildman–Crippen LogP) is 1.92. The number of aliphatic hydroxyl groups is 1. The van der Waals surface area contributed by atoms with E-state index in [4.69, 9.17) is 0 Å². The van der Waals surface area contributed by atoms with Gasteiger partial charge in [-0.2, -0.15) is 0 Å². The Hall–Kier alpha value is -0.610. The number of carbonyl (C=O) groups excluding carboxylic acids is 1. The summed E-state index contributed by atoms with van der Waals surface area (Å²) in [6.45, 7) is 4.70. The highest BCUT2D eigenvalue weighted by molar-refractivity contribution is 5.82. The Kier molecular flexibility index (Phi) is 4.55. The fourth-order valence-electron chi connectivity index (χ4n) is 4.55. The summed E-state index contributed by atoms with van der Waals surface area (Å²) in [6, 6.07) is 0.0125. The first kappa shape index (κ1) is 15.3. The topological polar surface area (TPSA) is 52.6 Å². The number of nitrogens with one attached hydrogen (secondary N) is 1. The highest BCUT2D eigenvalue weighted by atomic mass is 16.3. The normalized spacial score (nSPS) is 40.7. The second-order valence-corrected chi connectivity index (χ2v) is 7.39. The van der Waals surface area contributed by atoms with Crippen LogP contribution < -0.4 is 5.32 Å². The van der Waals surface area contributed by atoms with Crippen molar-refractivity contribution in [3.8, 4) is 0 Å². The molecule has 1 saturated carbocycles. The highest BCUT2D eigenvalue weighted by Gasteiger charge is 2.44. The van der Waals surface area contributed by atoms with Crippen LogP contribution in [0.2, 0.25) is 0 Å². The van der Waals surface area contributed by atoms with Gasteiger partial charge in [0.05, 0.1) is 11.6 Å². The first-order chi connectivity index (χ1) is 10.1. The van der Waals surface area contributed by atoms with E-state index in [2.05, 4.69) is 12.2 Å². The summed E-state index contributed by atoms with van der Waals surface area (Å²) < 4.78 is 0. The zero-order valence-corrected chi connectivity index (χ0v) is 13.3. The van der Waals surface area contributed by atoms with Crippen LogP contribution in [0.5, 0.6) is 0 Å². The molecule has 4 nitrogen and oxygen atoms in total. The molecular formula is C17H30N2O2. The summed E-state index contributed by atoms with van der Waals surface area (Å²) in [5.41, 5.74) is -0.485. The van der Waals surface area contributed by atoms with Gasteiger partial charge < -0.3 is 15.3 Å². The molecule has 0 aromatic rings. The molecule has 0 aromatic carbocycles. The van der Waals surface area contributed by atoms with Crippen molar-refractivity contribution in [1.29, 1.82) is 0 Å². The molecule has 4 unspecified atom stereocenters. The number of fused-ring (bicyclic) bond motifs is 1. The Morgan fingerprint density at radius 1 is 1.33 bits per heavy atom. The molecule has 2 N–H and O–H groups in total. The van der Waals surface area contributed by atoms with Crippen LogP contribution in [0, 0.1) is 11.8 Å². The molecule has 3 rings (SSSR count). The Labute approximate surface area is 128 Å². The van der Waals surface area contributed by atoms with Crippen molar-refractivity contribution in [3.05, 3.63) is 0 Å². The molecule has 21 heavy (non-hydrogen) atoms. The number of carbonyl (C=O) groups is 1. The van der Waals surface area contributed by atoms with E-state index in [0.29, 0.717) is 11.8 Å². The summed E-state index contributed by atoms with van der Waals surface area (Å²) in [6.07, 6.45) is 8.48. The monoisotopic (exact) mass is 294 g/mol. The van der Waals surface area contributed by atoms with Gasteiger partial charge in [0.25, 0.3) is 0 Å².